The molecule has 0 spiro atoms. The number of rotatable bonds is 2. The molecule has 0 unspecified atom stereocenters. The van der Waals surface area contributed by atoms with Crippen LogP contribution in [0.5, 0.6) is 0 Å². The van der Waals surface area contributed by atoms with E-state index in [0.717, 1.165) is 32.8 Å². The predicted octanol–water partition coefficient (Wildman–Crippen LogP) is 3.87. The van der Waals surface area contributed by atoms with Gasteiger partial charge in [-0.1, -0.05) is 25.2 Å². The first-order valence-corrected chi connectivity index (χ1v) is 8.08. The Bertz CT molecular complexity index is 989. The van der Waals surface area contributed by atoms with E-state index < -0.39 is 0 Å². The van der Waals surface area contributed by atoms with E-state index in [0.29, 0.717) is 5.92 Å². The van der Waals surface area contributed by atoms with Crippen LogP contribution in [0.4, 0.5) is 0 Å². The largest absolute Gasteiger partial charge is 0.345 e. The zero-order valence-electron chi connectivity index (χ0n) is 12.9. The van der Waals surface area contributed by atoms with E-state index >= 15 is 0 Å². The van der Waals surface area contributed by atoms with Gasteiger partial charge in [-0.15, -0.1) is 0 Å². The Labute approximate surface area is 132 Å². The summed E-state index contributed by atoms with van der Waals surface area (Å²) in [4.78, 5) is 13.4. The van der Waals surface area contributed by atoms with E-state index in [-0.39, 0.29) is 0 Å². The quantitative estimate of drug-likeness (QED) is 0.611. The molecular formula is C16H16N5S. The van der Waals surface area contributed by atoms with Crippen molar-refractivity contribution in [2.45, 2.75) is 33.6 Å². The zero-order chi connectivity index (χ0) is 15.4. The molecule has 4 aromatic rings. The molecule has 0 fully saturated rings. The van der Waals surface area contributed by atoms with Crippen LogP contribution in [0.15, 0.2) is 12.5 Å². The highest BCUT2D eigenvalue weighted by Gasteiger charge is 2.21. The molecule has 22 heavy (non-hydrogen) atoms. The summed E-state index contributed by atoms with van der Waals surface area (Å²) < 4.78 is 1.84. The zero-order valence-corrected chi connectivity index (χ0v) is 13.7. The number of aromatic amines is 1. The minimum absolute atomic E-state index is 0.380. The lowest BCUT2D eigenvalue weighted by Crippen LogP contribution is -1.99. The van der Waals surface area contributed by atoms with Crippen LogP contribution in [0.1, 0.15) is 36.5 Å². The highest BCUT2D eigenvalue weighted by atomic mass is 32.1. The first kappa shape index (κ1) is 13.5. The third-order valence-corrected chi connectivity index (χ3v) is 4.94. The Hall–Kier alpha value is -2.21. The maximum absolute atomic E-state index is 4.42. The van der Waals surface area contributed by atoms with Crippen molar-refractivity contribution in [1.82, 2.24) is 24.6 Å². The fourth-order valence-electron chi connectivity index (χ4n) is 3.01. The van der Waals surface area contributed by atoms with Gasteiger partial charge in [-0.05, 0) is 30.9 Å². The van der Waals surface area contributed by atoms with Crippen LogP contribution in [0, 0.1) is 19.4 Å². The average Bonchev–Trinajstić information content (AvgIpc) is 3.15. The van der Waals surface area contributed by atoms with Crippen molar-refractivity contribution < 1.29 is 0 Å². The van der Waals surface area contributed by atoms with Gasteiger partial charge in [-0.2, -0.15) is 5.10 Å². The lowest BCUT2D eigenvalue weighted by atomic mass is 9.96. The molecule has 0 aliphatic heterocycles. The van der Waals surface area contributed by atoms with Crippen LogP contribution in [0.2, 0.25) is 0 Å². The molecular weight excluding hydrogens is 294 g/mol. The van der Waals surface area contributed by atoms with E-state index in [1.54, 1.807) is 6.33 Å². The molecule has 4 aromatic heterocycles. The fourth-order valence-corrected chi connectivity index (χ4v) is 3.64. The molecule has 0 atom stereocenters. The summed E-state index contributed by atoms with van der Waals surface area (Å²) in [6, 6.07) is 0. The number of H-pyrrole nitrogens is 1. The van der Waals surface area contributed by atoms with Crippen LogP contribution in [0.25, 0.3) is 27.3 Å². The number of aromatic nitrogens is 5. The molecule has 0 saturated heterocycles. The standard InChI is InChI=1S/C16H16N5S/c1-8(2)12-13(20-16-14(12)18-7-22-16)11-5-21-15(17-6-19-21)10(4)9(11)3/h5-6,8,20H,1-4H3. The molecule has 0 aliphatic rings. The Morgan fingerprint density at radius 1 is 1.27 bits per heavy atom. The van der Waals surface area contributed by atoms with Crippen molar-refractivity contribution in [2.75, 3.05) is 0 Å². The molecule has 4 heterocycles. The fraction of sp³-hybridized carbons (Fsp3) is 0.312. The molecule has 111 valence electrons. The topological polar surface area (TPSA) is 58.9 Å². The van der Waals surface area contributed by atoms with E-state index in [1.165, 1.54) is 22.5 Å². The first-order chi connectivity index (χ1) is 10.6. The third kappa shape index (κ3) is 1.73. The minimum Gasteiger partial charge on any atom is -0.345 e. The summed E-state index contributed by atoms with van der Waals surface area (Å²) in [5.74, 6) is 0.380. The van der Waals surface area contributed by atoms with Crippen LogP contribution < -0.4 is 0 Å². The highest BCUT2D eigenvalue weighted by Crippen LogP contribution is 2.38. The van der Waals surface area contributed by atoms with Gasteiger partial charge in [0, 0.05) is 17.3 Å². The molecule has 0 saturated carbocycles. The number of hydrogen-bond acceptors (Lipinski definition) is 4. The van der Waals surface area contributed by atoms with Crippen molar-refractivity contribution in [3.8, 4) is 11.3 Å². The smallest absolute Gasteiger partial charge is 0.158 e. The van der Waals surface area contributed by atoms with Crippen molar-refractivity contribution in [2.24, 2.45) is 0 Å². The number of aryl methyl sites for hydroxylation is 1. The molecule has 4 rings (SSSR count). The molecule has 5 nitrogen and oxygen atoms in total. The number of nitrogens with one attached hydrogen (secondary N) is 1. The second-order valence-corrected chi connectivity index (χ2v) is 6.67. The lowest BCUT2D eigenvalue weighted by Gasteiger charge is -2.12. The summed E-state index contributed by atoms with van der Waals surface area (Å²) >= 11 is 1.52. The SMILES string of the molecule is Cc1c(-c2[nH]c3s[c]nc3c2C(C)C)cn2ncnc2c1C. The van der Waals surface area contributed by atoms with Crippen LogP contribution in [0.3, 0.4) is 0 Å². The van der Waals surface area contributed by atoms with Crippen molar-refractivity contribution in [3.63, 3.8) is 0 Å². The Morgan fingerprint density at radius 2 is 2.09 bits per heavy atom. The highest BCUT2D eigenvalue weighted by molar-refractivity contribution is 7.15. The van der Waals surface area contributed by atoms with Gasteiger partial charge in [0.2, 0.25) is 0 Å². The van der Waals surface area contributed by atoms with Crippen molar-refractivity contribution in [1.29, 1.82) is 0 Å². The Balaban J connectivity index is 2.08. The summed E-state index contributed by atoms with van der Waals surface area (Å²) in [6.45, 7) is 8.62. The van der Waals surface area contributed by atoms with Gasteiger partial charge < -0.3 is 4.98 Å². The minimum atomic E-state index is 0.380. The molecule has 0 aromatic carbocycles. The van der Waals surface area contributed by atoms with Gasteiger partial charge in [-0.3, -0.25) is 0 Å². The van der Waals surface area contributed by atoms with E-state index in [2.05, 4.69) is 59.5 Å². The summed E-state index contributed by atoms with van der Waals surface area (Å²) in [6.07, 6.45) is 3.65. The summed E-state index contributed by atoms with van der Waals surface area (Å²) in [5, 5.41) is 4.30. The van der Waals surface area contributed by atoms with Crippen molar-refractivity contribution >= 4 is 27.3 Å². The van der Waals surface area contributed by atoms with Gasteiger partial charge in [-0.25, -0.2) is 14.5 Å². The summed E-state index contributed by atoms with van der Waals surface area (Å²) in [5.41, 5.74) is 10.8. The number of thiazole rings is 1. The number of hydrogen-bond donors (Lipinski definition) is 1. The first-order valence-electron chi connectivity index (χ1n) is 7.26. The molecule has 1 radical (unpaired) electrons. The molecule has 1 N–H and O–H groups in total. The van der Waals surface area contributed by atoms with Gasteiger partial charge in [0.15, 0.2) is 11.2 Å². The van der Waals surface area contributed by atoms with Gasteiger partial charge in [0.05, 0.1) is 5.69 Å². The van der Waals surface area contributed by atoms with Crippen LogP contribution >= 0.6 is 11.3 Å². The number of fused-ring (bicyclic) bond motifs is 2. The lowest BCUT2D eigenvalue weighted by molar-refractivity contribution is 0.873. The maximum atomic E-state index is 4.42. The van der Waals surface area contributed by atoms with E-state index in [9.17, 15) is 0 Å². The molecule has 0 amide bonds. The van der Waals surface area contributed by atoms with E-state index in [1.807, 2.05) is 4.52 Å². The molecule has 6 heteroatoms. The number of nitrogens with zero attached hydrogens (tertiary/aromatic N) is 4. The third-order valence-electron chi connectivity index (χ3n) is 4.26. The predicted molar refractivity (Wildman–Crippen MR) is 88.4 cm³/mol. The van der Waals surface area contributed by atoms with Crippen LogP contribution in [-0.2, 0) is 0 Å². The maximum Gasteiger partial charge on any atom is 0.158 e. The molecule has 0 bridgehead atoms. The second-order valence-electron chi connectivity index (χ2n) is 5.87. The van der Waals surface area contributed by atoms with Crippen molar-refractivity contribution in [3.05, 3.63) is 34.7 Å². The average molecular weight is 310 g/mol. The molecule has 0 aliphatic carbocycles. The summed E-state index contributed by atoms with van der Waals surface area (Å²) in [7, 11) is 0. The van der Waals surface area contributed by atoms with Gasteiger partial charge in [0.1, 0.15) is 16.7 Å². The van der Waals surface area contributed by atoms with Gasteiger partial charge in [0.25, 0.3) is 0 Å². The number of pyridine rings is 1. The van der Waals surface area contributed by atoms with Crippen LogP contribution in [-0.4, -0.2) is 24.6 Å². The second kappa shape index (κ2) is 4.64. The van der Waals surface area contributed by atoms with Gasteiger partial charge >= 0.3 is 0 Å². The normalized spacial score (nSPS) is 12.0. The Kier molecular flexibility index (Phi) is 2.84. The monoisotopic (exact) mass is 310 g/mol. The Morgan fingerprint density at radius 3 is 2.86 bits per heavy atom. The van der Waals surface area contributed by atoms with E-state index in [4.69, 9.17) is 0 Å².